The Hall–Kier alpha value is -2.97. The fourth-order valence-corrected chi connectivity index (χ4v) is 3.34. The number of benzene rings is 1. The molecular formula is C19H19N3O4S. The maximum absolute atomic E-state index is 12.5. The van der Waals surface area contributed by atoms with Crippen LogP contribution in [0.25, 0.3) is 10.8 Å². The van der Waals surface area contributed by atoms with Crippen molar-refractivity contribution in [2.75, 3.05) is 19.0 Å². The van der Waals surface area contributed by atoms with Gasteiger partial charge in [-0.2, -0.15) is 0 Å². The number of amides is 2. The lowest BCUT2D eigenvalue weighted by atomic mass is 10.2. The summed E-state index contributed by atoms with van der Waals surface area (Å²) < 4.78 is 10.1. The molecule has 0 aliphatic rings. The number of nitrogens with zero attached hydrogens (tertiary/aromatic N) is 1. The Morgan fingerprint density at radius 2 is 2.11 bits per heavy atom. The Morgan fingerprint density at radius 3 is 2.85 bits per heavy atom. The standard InChI is InChI=1S/C19H19N3O4S/c1-12-17(22-19(27-12)15-7-4-8-26-15)18(24)20-10-13-5-3-6-14(9-13)21-16(23)11-25-2/h3-9H,10-11H2,1-2H3,(H,20,24)(H,21,23). The predicted molar refractivity (Wildman–Crippen MR) is 103 cm³/mol. The van der Waals surface area contributed by atoms with Crippen LogP contribution >= 0.6 is 11.3 Å². The van der Waals surface area contributed by atoms with Crippen LogP contribution in [0, 0.1) is 6.92 Å². The van der Waals surface area contributed by atoms with Crippen LogP contribution in [-0.2, 0) is 16.1 Å². The maximum atomic E-state index is 12.5. The summed E-state index contributed by atoms with van der Waals surface area (Å²) >= 11 is 1.41. The molecule has 2 amide bonds. The van der Waals surface area contributed by atoms with Crippen LogP contribution in [0.1, 0.15) is 20.9 Å². The van der Waals surface area contributed by atoms with Crippen molar-refractivity contribution in [2.24, 2.45) is 0 Å². The first-order valence-electron chi connectivity index (χ1n) is 8.24. The molecule has 0 aliphatic carbocycles. The first-order valence-corrected chi connectivity index (χ1v) is 9.05. The Bertz CT molecular complexity index is 934. The molecule has 0 atom stereocenters. The number of carbonyl (C=O) groups excluding carboxylic acids is 2. The molecule has 0 bridgehead atoms. The molecule has 140 valence electrons. The number of rotatable bonds is 7. The van der Waals surface area contributed by atoms with E-state index in [2.05, 4.69) is 15.6 Å². The lowest BCUT2D eigenvalue weighted by Gasteiger charge is -2.08. The third-order valence-electron chi connectivity index (χ3n) is 3.68. The van der Waals surface area contributed by atoms with Crippen molar-refractivity contribution >= 4 is 28.8 Å². The molecule has 0 aliphatic heterocycles. The fraction of sp³-hybridized carbons (Fsp3) is 0.211. The Labute approximate surface area is 160 Å². The zero-order valence-corrected chi connectivity index (χ0v) is 15.8. The van der Waals surface area contributed by atoms with Gasteiger partial charge >= 0.3 is 0 Å². The molecule has 0 saturated heterocycles. The lowest BCUT2D eigenvalue weighted by molar-refractivity contribution is -0.119. The average Bonchev–Trinajstić information content (AvgIpc) is 3.30. The van der Waals surface area contributed by atoms with Gasteiger partial charge in [0.05, 0.1) is 6.26 Å². The molecule has 2 N–H and O–H groups in total. The fourth-order valence-electron chi connectivity index (χ4n) is 2.47. The smallest absolute Gasteiger partial charge is 0.271 e. The summed E-state index contributed by atoms with van der Waals surface area (Å²) in [5.74, 6) is 0.152. The highest BCUT2D eigenvalue weighted by Crippen LogP contribution is 2.27. The number of carbonyl (C=O) groups is 2. The molecule has 1 aromatic carbocycles. The molecule has 7 nitrogen and oxygen atoms in total. The van der Waals surface area contributed by atoms with Gasteiger partial charge in [0.25, 0.3) is 5.91 Å². The first kappa shape index (κ1) is 18.8. The number of anilines is 1. The van der Waals surface area contributed by atoms with E-state index in [0.29, 0.717) is 28.7 Å². The largest absolute Gasteiger partial charge is 0.462 e. The Morgan fingerprint density at radius 1 is 1.26 bits per heavy atom. The molecule has 0 spiro atoms. The molecule has 8 heteroatoms. The molecule has 0 radical (unpaired) electrons. The first-order chi connectivity index (χ1) is 13.1. The number of aromatic nitrogens is 1. The zero-order chi connectivity index (χ0) is 19.2. The van der Waals surface area contributed by atoms with Gasteiger partial charge < -0.3 is 19.8 Å². The van der Waals surface area contributed by atoms with Gasteiger partial charge in [-0.15, -0.1) is 11.3 Å². The van der Waals surface area contributed by atoms with Crippen LogP contribution in [-0.4, -0.2) is 30.5 Å². The molecule has 2 heterocycles. The highest BCUT2D eigenvalue weighted by molar-refractivity contribution is 7.15. The quantitative estimate of drug-likeness (QED) is 0.651. The van der Waals surface area contributed by atoms with E-state index in [1.165, 1.54) is 18.4 Å². The van der Waals surface area contributed by atoms with Crippen molar-refractivity contribution in [3.05, 3.63) is 58.8 Å². The van der Waals surface area contributed by atoms with Gasteiger partial charge in [0.15, 0.2) is 10.8 Å². The van der Waals surface area contributed by atoms with Crippen LogP contribution < -0.4 is 10.6 Å². The molecule has 0 unspecified atom stereocenters. The van der Waals surface area contributed by atoms with Gasteiger partial charge in [0.2, 0.25) is 5.91 Å². The van der Waals surface area contributed by atoms with E-state index in [0.717, 1.165) is 10.4 Å². The zero-order valence-electron chi connectivity index (χ0n) is 14.9. The van der Waals surface area contributed by atoms with Crippen molar-refractivity contribution in [3.63, 3.8) is 0 Å². The molecule has 0 saturated carbocycles. The number of hydrogen-bond donors (Lipinski definition) is 2. The average molecular weight is 385 g/mol. The van der Waals surface area contributed by atoms with E-state index >= 15 is 0 Å². The third-order valence-corrected chi connectivity index (χ3v) is 4.67. The van der Waals surface area contributed by atoms with E-state index in [4.69, 9.17) is 9.15 Å². The van der Waals surface area contributed by atoms with E-state index in [-0.39, 0.29) is 18.4 Å². The molecule has 3 rings (SSSR count). The summed E-state index contributed by atoms with van der Waals surface area (Å²) in [6, 6.07) is 10.9. The number of hydrogen-bond acceptors (Lipinski definition) is 6. The maximum Gasteiger partial charge on any atom is 0.271 e. The number of thiazole rings is 1. The van der Waals surface area contributed by atoms with Gasteiger partial charge in [-0.3, -0.25) is 9.59 Å². The van der Waals surface area contributed by atoms with Crippen molar-refractivity contribution in [1.82, 2.24) is 10.3 Å². The van der Waals surface area contributed by atoms with Crippen molar-refractivity contribution in [3.8, 4) is 10.8 Å². The molecule has 3 aromatic rings. The van der Waals surface area contributed by atoms with Gasteiger partial charge in [-0.25, -0.2) is 4.98 Å². The summed E-state index contributed by atoms with van der Waals surface area (Å²) in [5.41, 5.74) is 1.89. The van der Waals surface area contributed by atoms with Crippen molar-refractivity contribution < 1.29 is 18.7 Å². The number of methoxy groups -OCH3 is 1. The topological polar surface area (TPSA) is 93.5 Å². The monoisotopic (exact) mass is 385 g/mol. The van der Waals surface area contributed by atoms with Gasteiger partial charge in [-0.1, -0.05) is 12.1 Å². The second kappa shape index (κ2) is 8.61. The highest BCUT2D eigenvalue weighted by atomic mass is 32.1. The molecule has 2 aromatic heterocycles. The minimum absolute atomic E-state index is 0.0118. The van der Waals surface area contributed by atoms with Crippen LogP contribution in [0.5, 0.6) is 0 Å². The SMILES string of the molecule is COCC(=O)Nc1cccc(CNC(=O)c2nc(-c3ccco3)sc2C)c1. The predicted octanol–water partition coefficient (Wildman–Crippen LogP) is 3.23. The Balaban J connectivity index is 1.63. The second-order valence-electron chi connectivity index (χ2n) is 5.77. The highest BCUT2D eigenvalue weighted by Gasteiger charge is 2.17. The summed E-state index contributed by atoms with van der Waals surface area (Å²) in [6.07, 6.45) is 1.57. The number of aryl methyl sites for hydroxylation is 1. The van der Waals surface area contributed by atoms with Gasteiger partial charge in [0.1, 0.15) is 12.3 Å². The van der Waals surface area contributed by atoms with E-state index in [9.17, 15) is 9.59 Å². The van der Waals surface area contributed by atoms with E-state index in [1.807, 2.05) is 25.1 Å². The van der Waals surface area contributed by atoms with Crippen LogP contribution in [0.2, 0.25) is 0 Å². The minimum atomic E-state index is -0.254. The number of ether oxygens (including phenoxy) is 1. The van der Waals surface area contributed by atoms with Crippen molar-refractivity contribution in [1.29, 1.82) is 0 Å². The molecule has 27 heavy (non-hydrogen) atoms. The van der Waals surface area contributed by atoms with Crippen molar-refractivity contribution in [2.45, 2.75) is 13.5 Å². The van der Waals surface area contributed by atoms with Crippen LogP contribution in [0.15, 0.2) is 47.1 Å². The van der Waals surface area contributed by atoms with Gasteiger partial charge in [-0.05, 0) is 36.8 Å². The van der Waals surface area contributed by atoms with Gasteiger partial charge in [0, 0.05) is 24.2 Å². The third kappa shape index (κ3) is 4.81. The Kier molecular flexibility index (Phi) is 6.00. The number of nitrogens with one attached hydrogen (secondary N) is 2. The van der Waals surface area contributed by atoms with E-state index in [1.54, 1.807) is 24.5 Å². The van der Waals surface area contributed by atoms with Crippen LogP contribution in [0.3, 0.4) is 0 Å². The second-order valence-corrected chi connectivity index (χ2v) is 6.97. The summed E-state index contributed by atoms with van der Waals surface area (Å²) in [7, 11) is 1.46. The normalized spacial score (nSPS) is 10.6. The van der Waals surface area contributed by atoms with E-state index < -0.39 is 0 Å². The minimum Gasteiger partial charge on any atom is -0.462 e. The lowest BCUT2D eigenvalue weighted by Crippen LogP contribution is -2.24. The van der Waals surface area contributed by atoms with Crippen LogP contribution in [0.4, 0.5) is 5.69 Å². The molecule has 0 fully saturated rings. The summed E-state index contributed by atoms with van der Waals surface area (Å²) in [5, 5.41) is 6.26. The summed E-state index contributed by atoms with van der Waals surface area (Å²) in [4.78, 5) is 29.3. The summed E-state index contributed by atoms with van der Waals surface area (Å²) in [6.45, 7) is 2.16. The number of furan rings is 1. The molecular weight excluding hydrogens is 366 g/mol.